The smallest absolute Gasteiger partial charge is 0.303 e. The van der Waals surface area contributed by atoms with Crippen LogP contribution in [0.5, 0.6) is 0 Å². The molecule has 1 aromatic rings. The molecule has 0 aliphatic rings. The number of carbonyl (C=O) groups excluding carboxylic acids is 1. The molecule has 0 spiro atoms. The zero-order valence-corrected chi connectivity index (χ0v) is 9.36. The Labute approximate surface area is 90.4 Å². The summed E-state index contributed by atoms with van der Waals surface area (Å²) < 4.78 is 5.29. The summed E-state index contributed by atoms with van der Waals surface area (Å²) in [4.78, 5) is 11.0. The lowest BCUT2D eigenvalue weighted by atomic mass is 10.0. The fourth-order valence-corrected chi connectivity index (χ4v) is 1.43. The van der Waals surface area contributed by atoms with Gasteiger partial charge in [0.25, 0.3) is 0 Å². The van der Waals surface area contributed by atoms with E-state index in [9.17, 15) is 4.79 Å². The number of esters is 1. The molecule has 0 unspecified atom stereocenters. The molecule has 0 saturated heterocycles. The average molecular weight is 207 g/mol. The molecule has 0 fully saturated rings. The van der Waals surface area contributed by atoms with Gasteiger partial charge in [0.15, 0.2) is 0 Å². The summed E-state index contributed by atoms with van der Waals surface area (Å²) in [6, 6.07) is 9.83. The predicted molar refractivity (Wildman–Crippen MR) is 59.5 cm³/mol. The summed E-state index contributed by atoms with van der Waals surface area (Å²) in [5.74, 6) is -0.258. The molecule has 2 atom stereocenters. The molecule has 0 amide bonds. The second kappa shape index (κ2) is 5.51. The van der Waals surface area contributed by atoms with Gasteiger partial charge in [0.1, 0.15) is 6.10 Å². The van der Waals surface area contributed by atoms with Crippen LogP contribution in [0.3, 0.4) is 0 Å². The van der Waals surface area contributed by atoms with Gasteiger partial charge in [-0.2, -0.15) is 0 Å². The fourth-order valence-electron chi connectivity index (χ4n) is 1.43. The number of carbonyl (C=O) groups is 1. The van der Waals surface area contributed by atoms with Gasteiger partial charge >= 0.3 is 5.97 Å². The van der Waals surface area contributed by atoms with Crippen molar-refractivity contribution in [1.82, 2.24) is 5.32 Å². The maximum atomic E-state index is 11.0. The summed E-state index contributed by atoms with van der Waals surface area (Å²) in [5.41, 5.74) is 1.01. The number of hydrogen-bond acceptors (Lipinski definition) is 3. The van der Waals surface area contributed by atoms with E-state index in [4.69, 9.17) is 4.74 Å². The van der Waals surface area contributed by atoms with E-state index >= 15 is 0 Å². The summed E-state index contributed by atoms with van der Waals surface area (Å²) in [6.45, 7) is 3.42. The Bertz CT molecular complexity index is 311. The van der Waals surface area contributed by atoms with Crippen molar-refractivity contribution in [2.24, 2.45) is 0 Å². The zero-order valence-electron chi connectivity index (χ0n) is 9.36. The molecule has 0 saturated carbocycles. The number of benzene rings is 1. The highest BCUT2D eigenvalue weighted by Gasteiger charge is 2.20. The minimum Gasteiger partial charge on any atom is -0.456 e. The third-order valence-electron chi connectivity index (χ3n) is 2.33. The molecule has 3 heteroatoms. The van der Waals surface area contributed by atoms with E-state index in [0.29, 0.717) is 0 Å². The van der Waals surface area contributed by atoms with E-state index in [1.807, 2.05) is 44.3 Å². The van der Waals surface area contributed by atoms with E-state index in [-0.39, 0.29) is 18.1 Å². The van der Waals surface area contributed by atoms with E-state index in [2.05, 4.69) is 5.32 Å². The number of rotatable bonds is 4. The van der Waals surface area contributed by atoms with Crippen LogP contribution >= 0.6 is 0 Å². The lowest BCUT2D eigenvalue weighted by Gasteiger charge is -2.23. The van der Waals surface area contributed by atoms with Gasteiger partial charge in [-0.1, -0.05) is 30.3 Å². The van der Waals surface area contributed by atoms with Gasteiger partial charge in [-0.15, -0.1) is 0 Å². The first-order chi connectivity index (χ1) is 7.15. The lowest BCUT2D eigenvalue weighted by molar-refractivity contribution is -0.148. The van der Waals surface area contributed by atoms with Crippen LogP contribution in [-0.2, 0) is 9.53 Å². The van der Waals surface area contributed by atoms with Gasteiger partial charge < -0.3 is 10.1 Å². The molecule has 0 aliphatic carbocycles. The molecule has 3 nitrogen and oxygen atoms in total. The Morgan fingerprint density at radius 1 is 1.33 bits per heavy atom. The molecule has 1 N–H and O–H groups in total. The Balaban J connectivity index is 2.86. The van der Waals surface area contributed by atoms with Crippen LogP contribution in [0.25, 0.3) is 0 Å². The van der Waals surface area contributed by atoms with E-state index in [0.717, 1.165) is 5.56 Å². The first-order valence-electron chi connectivity index (χ1n) is 5.04. The summed E-state index contributed by atoms with van der Waals surface area (Å²) in [6.07, 6.45) is -0.228. The molecular weight excluding hydrogens is 190 g/mol. The number of nitrogens with one attached hydrogen (secondary N) is 1. The van der Waals surface area contributed by atoms with Crippen molar-refractivity contribution in [3.05, 3.63) is 35.9 Å². The molecule has 0 aliphatic heterocycles. The molecule has 0 aromatic heterocycles. The lowest BCUT2D eigenvalue weighted by Crippen LogP contribution is -2.31. The van der Waals surface area contributed by atoms with Crippen molar-refractivity contribution < 1.29 is 9.53 Å². The molecule has 15 heavy (non-hydrogen) atoms. The van der Waals surface area contributed by atoms with Crippen molar-refractivity contribution in [1.29, 1.82) is 0 Å². The van der Waals surface area contributed by atoms with Crippen molar-refractivity contribution in [2.45, 2.75) is 26.0 Å². The first-order valence-corrected chi connectivity index (χ1v) is 5.04. The molecule has 0 heterocycles. The van der Waals surface area contributed by atoms with Crippen molar-refractivity contribution in [3.8, 4) is 0 Å². The monoisotopic (exact) mass is 207 g/mol. The van der Waals surface area contributed by atoms with Crippen LogP contribution in [0.2, 0.25) is 0 Å². The average Bonchev–Trinajstić information content (AvgIpc) is 2.26. The van der Waals surface area contributed by atoms with E-state index in [1.165, 1.54) is 6.92 Å². The second-order valence-electron chi connectivity index (χ2n) is 3.52. The third-order valence-corrected chi connectivity index (χ3v) is 2.33. The highest BCUT2D eigenvalue weighted by atomic mass is 16.5. The van der Waals surface area contributed by atoms with E-state index < -0.39 is 0 Å². The first kappa shape index (κ1) is 11.7. The van der Waals surface area contributed by atoms with E-state index in [1.54, 1.807) is 0 Å². The Hall–Kier alpha value is -1.35. The standard InChI is InChI=1S/C12H17NO2/c1-9(13-3)12(15-10(2)14)11-7-5-4-6-8-11/h4-9,12-13H,1-3H3/t9-,12-/m0/s1. The number of ether oxygens (including phenoxy) is 1. The normalized spacial score (nSPS) is 14.3. The van der Waals surface area contributed by atoms with Crippen molar-refractivity contribution in [2.75, 3.05) is 7.05 Å². The third kappa shape index (κ3) is 3.36. The highest BCUT2D eigenvalue weighted by molar-refractivity contribution is 5.66. The van der Waals surface area contributed by atoms with Gasteiger partial charge in [-0.05, 0) is 19.5 Å². The molecule has 0 radical (unpaired) electrons. The molecule has 1 aromatic carbocycles. The van der Waals surface area contributed by atoms with Crippen LogP contribution in [0.1, 0.15) is 25.5 Å². The minimum atomic E-state index is -0.258. The van der Waals surface area contributed by atoms with Crippen LogP contribution in [-0.4, -0.2) is 19.1 Å². The van der Waals surface area contributed by atoms with Gasteiger partial charge in [0.2, 0.25) is 0 Å². The summed E-state index contributed by atoms with van der Waals surface area (Å²) in [7, 11) is 1.85. The second-order valence-corrected chi connectivity index (χ2v) is 3.52. The number of likely N-dealkylation sites (N-methyl/N-ethyl adjacent to an activating group) is 1. The van der Waals surface area contributed by atoms with Gasteiger partial charge in [-0.3, -0.25) is 4.79 Å². The number of hydrogen-bond donors (Lipinski definition) is 1. The molecule has 82 valence electrons. The summed E-state index contributed by atoms with van der Waals surface area (Å²) >= 11 is 0. The largest absolute Gasteiger partial charge is 0.456 e. The quantitative estimate of drug-likeness (QED) is 0.766. The maximum Gasteiger partial charge on any atom is 0.303 e. The fraction of sp³-hybridized carbons (Fsp3) is 0.417. The van der Waals surface area contributed by atoms with Gasteiger partial charge in [-0.25, -0.2) is 0 Å². The minimum absolute atomic E-state index is 0.0938. The SMILES string of the molecule is CN[C@@H](C)[C@H](OC(C)=O)c1ccccc1. The Morgan fingerprint density at radius 2 is 1.93 bits per heavy atom. The van der Waals surface area contributed by atoms with Crippen LogP contribution in [0, 0.1) is 0 Å². The predicted octanol–water partition coefficient (Wildman–Crippen LogP) is 1.90. The molecule has 0 bridgehead atoms. The Kier molecular flexibility index (Phi) is 4.31. The molecular formula is C12H17NO2. The Morgan fingerprint density at radius 3 is 2.40 bits per heavy atom. The van der Waals surface area contributed by atoms with Crippen molar-refractivity contribution in [3.63, 3.8) is 0 Å². The van der Waals surface area contributed by atoms with Crippen LogP contribution in [0.4, 0.5) is 0 Å². The molecule has 1 rings (SSSR count). The zero-order chi connectivity index (χ0) is 11.3. The summed E-state index contributed by atoms with van der Waals surface area (Å²) in [5, 5.41) is 3.09. The topological polar surface area (TPSA) is 38.3 Å². The van der Waals surface area contributed by atoms with Gasteiger partial charge in [0, 0.05) is 13.0 Å². The maximum absolute atomic E-state index is 11.0. The van der Waals surface area contributed by atoms with Gasteiger partial charge in [0.05, 0.1) is 0 Å². The van der Waals surface area contributed by atoms with Crippen LogP contribution in [0.15, 0.2) is 30.3 Å². The van der Waals surface area contributed by atoms with Crippen LogP contribution < -0.4 is 5.32 Å². The van der Waals surface area contributed by atoms with Crippen molar-refractivity contribution >= 4 is 5.97 Å². The highest BCUT2D eigenvalue weighted by Crippen LogP contribution is 2.20.